The van der Waals surface area contributed by atoms with E-state index in [1.807, 2.05) is 0 Å². The first-order chi connectivity index (χ1) is 13.6. The van der Waals surface area contributed by atoms with Crippen LogP contribution in [0.5, 0.6) is 0 Å². The summed E-state index contributed by atoms with van der Waals surface area (Å²) in [6.45, 7) is -3.72. The van der Waals surface area contributed by atoms with Crippen molar-refractivity contribution in [2.75, 3.05) is 6.67 Å². The SMILES string of the molecule is O=C(C(F)(F)C(=O)[C@](F)(OC(F)(F)C(F)(F)C(F)(F)F)C(F)(F)F)C(F)(F)C(F)(F)CF. The van der Waals surface area contributed by atoms with Gasteiger partial charge < -0.3 is 0 Å². The minimum Gasteiger partial charge on any atom is -0.285 e. The van der Waals surface area contributed by atoms with Crippen molar-refractivity contribution in [1.29, 1.82) is 0 Å². The number of alkyl halides is 18. The molecule has 0 aliphatic heterocycles. The molecule has 0 fully saturated rings. The third-order valence-electron chi connectivity index (χ3n) is 3.13. The molecular formula is C11H2F18O3. The number of ether oxygens (including phenoxy) is 1. The number of rotatable bonds is 9. The van der Waals surface area contributed by atoms with Crippen molar-refractivity contribution < 1.29 is 93.4 Å². The third-order valence-corrected chi connectivity index (χ3v) is 3.13. The first-order valence-corrected chi connectivity index (χ1v) is 6.65. The first-order valence-electron chi connectivity index (χ1n) is 6.65. The van der Waals surface area contributed by atoms with Crippen LogP contribution in [0.15, 0.2) is 0 Å². The zero-order valence-electron chi connectivity index (χ0n) is 13.7. The molecule has 0 heterocycles. The smallest absolute Gasteiger partial charge is 0.285 e. The van der Waals surface area contributed by atoms with Crippen LogP contribution in [0.2, 0.25) is 0 Å². The van der Waals surface area contributed by atoms with E-state index in [2.05, 4.69) is 0 Å². The van der Waals surface area contributed by atoms with E-state index in [1.54, 1.807) is 0 Å². The predicted octanol–water partition coefficient (Wildman–Crippen LogP) is 5.04. The first kappa shape index (κ1) is 30.0. The lowest BCUT2D eigenvalue weighted by molar-refractivity contribution is -0.473. The molecule has 190 valence electrons. The van der Waals surface area contributed by atoms with Gasteiger partial charge in [-0.1, -0.05) is 0 Å². The highest BCUT2D eigenvalue weighted by atomic mass is 19.4. The van der Waals surface area contributed by atoms with Crippen LogP contribution in [-0.4, -0.2) is 66.2 Å². The van der Waals surface area contributed by atoms with Crippen LogP contribution in [0.3, 0.4) is 0 Å². The zero-order chi connectivity index (χ0) is 26.6. The number of carbonyl (C=O) groups is 2. The Morgan fingerprint density at radius 1 is 0.594 bits per heavy atom. The van der Waals surface area contributed by atoms with Gasteiger partial charge >= 0.3 is 48.0 Å². The van der Waals surface area contributed by atoms with Crippen LogP contribution in [0.1, 0.15) is 0 Å². The largest absolute Gasteiger partial charge is 0.462 e. The molecule has 32 heavy (non-hydrogen) atoms. The Bertz CT molecular complexity index is 733. The molecule has 0 amide bonds. The molecule has 3 nitrogen and oxygen atoms in total. The molecule has 0 aromatic rings. The van der Waals surface area contributed by atoms with Crippen molar-refractivity contribution >= 4 is 11.6 Å². The molecule has 0 saturated heterocycles. The molecular weight excluding hydrogens is 522 g/mol. The van der Waals surface area contributed by atoms with E-state index in [9.17, 15) is 88.6 Å². The summed E-state index contributed by atoms with van der Waals surface area (Å²) in [5, 5.41) is 0. The number of hydrogen-bond acceptors (Lipinski definition) is 3. The maximum Gasteiger partial charge on any atom is 0.462 e. The number of carbonyl (C=O) groups excluding carboxylic acids is 2. The second kappa shape index (κ2) is 7.82. The molecule has 21 heteroatoms. The summed E-state index contributed by atoms with van der Waals surface area (Å²) in [5.74, 6) is -47.3. The normalized spacial score (nSPS) is 17.2. The number of hydrogen-bond donors (Lipinski definition) is 0. The summed E-state index contributed by atoms with van der Waals surface area (Å²) < 4.78 is 229. The van der Waals surface area contributed by atoms with Gasteiger partial charge in [0.25, 0.3) is 11.6 Å². The van der Waals surface area contributed by atoms with E-state index in [4.69, 9.17) is 0 Å². The van der Waals surface area contributed by atoms with Gasteiger partial charge in [-0.15, -0.1) is 0 Å². The zero-order valence-corrected chi connectivity index (χ0v) is 13.7. The van der Waals surface area contributed by atoms with Gasteiger partial charge in [-0.05, 0) is 0 Å². The molecule has 0 bridgehead atoms. The van der Waals surface area contributed by atoms with Crippen molar-refractivity contribution in [3.05, 3.63) is 0 Å². The van der Waals surface area contributed by atoms with Crippen LogP contribution in [0.25, 0.3) is 0 Å². The lowest BCUT2D eigenvalue weighted by atomic mass is 9.95. The molecule has 0 radical (unpaired) electrons. The molecule has 0 aromatic heterocycles. The Kier molecular flexibility index (Phi) is 7.34. The van der Waals surface area contributed by atoms with Gasteiger partial charge in [-0.2, -0.15) is 74.6 Å². The van der Waals surface area contributed by atoms with E-state index < -0.39 is 66.2 Å². The van der Waals surface area contributed by atoms with Crippen molar-refractivity contribution in [1.82, 2.24) is 0 Å². The Balaban J connectivity index is 6.67. The van der Waals surface area contributed by atoms with Gasteiger partial charge in [0.05, 0.1) is 0 Å². The maximum absolute atomic E-state index is 13.7. The van der Waals surface area contributed by atoms with Crippen molar-refractivity contribution in [2.24, 2.45) is 0 Å². The molecule has 1 atom stereocenters. The highest BCUT2D eigenvalue weighted by Crippen LogP contribution is 2.52. The van der Waals surface area contributed by atoms with Crippen molar-refractivity contribution in [3.63, 3.8) is 0 Å². The summed E-state index contributed by atoms with van der Waals surface area (Å²) in [6.07, 6.45) is -23.3. The van der Waals surface area contributed by atoms with Crippen LogP contribution in [0.4, 0.5) is 79.0 Å². The lowest BCUT2D eigenvalue weighted by Crippen LogP contribution is -2.67. The quantitative estimate of drug-likeness (QED) is 0.314. The van der Waals surface area contributed by atoms with Gasteiger partial charge in [-0.3, -0.25) is 14.3 Å². The van der Waals surface area contributed by atoms with Crippen LogP contribution in [0, 0.1) is 0 Å². The van der Waals surface area contributed by atoms with Crippen molar-refractivity contribution in [3.8, 4) is 0 Å². The molecule has 0 aliphatic rings. The van der Waals surface area contributed by atoms with Gasteiger partial charge in [0.1, 0.15) is 0 Å². The molecule has 0 N–H and O–H groups in total. The van der Waals surface area contributed by atoms with Crippen molar-refractivity contribution in [2.45, 2.75) is 48.0 Å². The van der Waals surface area contributed by atoms with E-state index >= 15 is 0 Å². The number of ketones is 2. The summed E-state index contributed by atoms with van der Waals surface area (Å²) in [4.78, 5) is 21.7. The van der Waals surface area contributed by atoms with Gasteiger partial charge in [0.2, 0.25) is 0 Å². The molecule has 0 spiro atoms. The fourth-order valence-corrected chi connectivity index (χ4v) is 1.39. The fraction of sp³-hybridized carbons (Fsp3) is 0.818. The summed E-state index contributed by atoms with van der Waals surface area (Å²) in [7, 11) is 0. The maximum atomic E-state index is 13.7. The van der Waals surface area contributed by atoms with Gasteiger partial charge in [0, 0.05) is 0 Å². The Labute approximate surface area is 161 Å². The summed E-state index contributed by atoms with van der Waals surface area (Å²) >= 11 is 0. The van der Waals surface area contributed by atoms with Crippen LogP contribution in [-0.2, 0) is 14.3 Å². The standard InChI is InChI=1S/C11H2F18O3/c12-1-4(13,14)6(17,18)2(30)5(15,16)3(31)7(19,9(22,23)24)32-11(28,29)8(20,21)10(25,26)27/h1H2/t7-/m0/s1. The molecule has 0 rings (SSSR count). The third kappa shape index (κ3) is 4.56. The topological polar surface area (TPSA) is 43.4 Å². The second-order valence-corrected chi connectivity index (χ2v) is 5.43. The highest BCUT2D eigenvalue weighted by molar-refractivity contribution is 6.14. The molecule has 0 aliphatic carbocycles. The van der Waals surface area contributed by atoms with Gasteiger partial charge in [-0.25, -0.2) is 4.39 Å². The van der Waals surface area contributed by atoms with Gasteiger partial charge in [0.15, 0.2) is 6.67 Å². The molecule has 0 saturated carbocycles. The minimum absolute atomic E-state index is 1.32. The van der Waals surface area contributed by atoms with Crippen LogP contribution >= 0.6 is 0 Å². The summed E-state index contributed by atoms with van der Waals surface area (Å²) in [5.41, 5.74) is 0. The second-order valence-electron chi connectivity index (χ2n) is 5.43. The Morgan fingerprint density at radius 3 is 1.25 bits per heavy atom. The van der Waals surface area contributed by atoms with E-state index in [0.717, 1.165) is 0 Å². The van der Waals surface area contributed by atoms with E-state index in [0.29, 0.717) is 0 Å². The number of Topliss-reactive ketones (excluding diaryl/α,β-unsaturated/α-hetero) is 2. The Morgan fingerprint density at radius 2 is 0.969 bits per heavy atom. The molecule has 0 aromatic carbocycles. The minimum atomic E-state index is -7.89. The molecule has 0 unspecified atom stereocenters. The lowest BCUT2D eigenvalue weighted by Gasteiger charge is -2.35. The summed E-state index contributed by atoms with van der Waals surface area (Å²) in [6, 6.07) is 0. The average Bonchev–Trinajstić information content (AvgIpc) is 2.57. The monoisotopic (exact) mass is 524 g/mol. The van der Waals surface area contributed by atoms with Crippen LogP contribution < -0.4 is 0 Å². The average molecular weight is 524 g/mol. The predicted molar refractivity (Wildman–Crippen MR) is 57.8 cm³/mol. The number of halogens is 18. The fourth-order valence-electron chi connectivity index (χ4n) is 1.39. The van der Waals surface area contributed by atoms with E-state index in [1.165, 1.54) is 4.74 Å². The highest BCUT2D eigenvalue weighted by Gasteiger charge is 2.83. The van der Waals surface area contributed by atoms with E-state index in [-0.39, 0.29) is 0 Å². The Hall–Kier alpha value is -1.96.